The molecule has 3 nitrogen and oxygen atoms in total. The van der Waals surface area contributed by atoms with Crippen LogP contribution in [0.2, 0.25) is 0 Å². The average molecular weight is 213 g/mol. The third-order valence-electron chi connectivity index (χ3n) is 2.67. The van der Waals surface area contributed by atoms with E-state index in [-0.39, 0.29) is 17.6 Å². The molecule has 2 atom stereocenters. The predicted molar refractivity (Wildman–Crippen MR) is 60.7 cm³/mol. The highest BCUT2D eigenvalue weighted by molar-refractivity contribution is 5.76. The van der Waals surface area contributed by atoms with Gasteiger partial charge in [0.05, 0.1) is 0 Å². The predicted octanol–water partition coefficient (Wildman–Crippen LogP) is 2.25. The Morgan fingerprint density at radius 3 is 2.60 bits per heavy atom. The Morgan fingerprint density at radius 1 is 1.40 bits per heavy atom. The first-order chi connectivity index (χ1) is 6.92. The van der Waals surface area contributed by atoms with Gasteiger partial charge in [-0.05, 0) is 46.5 Å². The smallest absolute Gasteiger partial charge is 0.323 e. The fraction of sp³-hybridized carbons (Fsp3) is 0.917. The van der Waals surface area contributed by atoms with E-state index in [0.717, 1.165) is 19.3 Å². The lowest BCUT2D eigenvalue weighted by Gasteiger charge is -2.31. The fourth-order valence-corrected chi connectivity index (χ4v) is 1.90. The van der Waals surface area contributed by atoms with Gasteiger partial charge in [0.1, 0.15) is 11.6 Å². The molecule has 1 N–H and O–H groups in total. The van der Waals surface area contributed by atoms with Crippen molar-refractivity contribution in [1.82, 2.24) is 5.32 Å². The van der Waals surface area contributed by atoms with Crippen molar-refractivity contribution in [3.8, 4) is 0 Å². The Morgan fingerprint density at radius 2 is 2.07 bits per heavy atom. The van der Waals surface area contributed by atoms with Crippen LogP contribution in [0.15, 0.2) is 0 Å². The maximum Gasteiger partial charge on any atom is 0.323 e. The van der Waals surface area contributed by atoms with Crippen molar-refractivity contribution in [3.63, 3.8) is 0 Å². The highest BCUT2D eigenvalue weighted by atomic mass is 16.6. The molecule has 1 heterocycles. The summed E-state index contributed by atoms with van der Waals surface area (Å²) >= 11 is 0. The van der Waals surface area contributed by atoms with E-state index in [1.165, 1.54) is 6.42 Å². The van der Waals surface area contributed by atoms with Gasteiger partial charge >= 0.3 is 5.97 Å². The van der Waals surface area contributed by atoms with Crippen LogP contribution in [0.5, 0.6) is 0 Å². The lowest BCUT2D eigenvalue weighted by atomic mass is 9.97. The molecule has 0 aliphatic carbocycles. The van der Waals surface area contributed by atoms with Crippen LogP contribution in [0, 0.1) is 0 Å². The minimum absolute atomic E-state index is 0.0945. The van der Waals surface area contributed by atoms with Crippen LogP contribution in [-0.2, 0) is 9.53 Å². The van der Waals surface area contributed by atoms with Crippen molar-refractivity contribution < 1.29 is 9.53 Å². The maximum absolute atomic E-state index is 11.8. The SMILES string of the molecule is CC[C@@H]1CCC[C@H](C(=O)OC(C)(C)C)N1. The maximum atomic E-state index is 11.8. The fourth-order valence-electron chi connectivity index (χ4n) is 1.90. The largest absolute Gasteiger partial charge is 0.459 e. The molecule has 88 valence electrons. The van der Waals surface area contributed by atoms with E-state index in [4.69, 9.17) is 4.74 Å². The number of carbonyl (C=O) groups is 1. The van der Waals surface area contributed by atoms with Gasteiger partial charge in [-0.2, -0.15) is 0 Å². The number of esters is 1. The van der Waals surface area contributed by atoms with Crippen LogP contribution in [0.1, 0.15) is 53.4 Å². The van der Waals surface area contributed by atoms with Gasteiger partial charge in [0, 0.05) is 6.04 Å². The number of carbonyl (C=O) groups excluding carboxylic acids is 1. The molecule has 0 unspecified atom stereocenters. The molecule has 1 saturated heterocycles. The van der Waals surface area contributed by atoms with Gasteiger partial charge in [-0.1, -0.05) is 6.92 Å². The summed E-state index contributed by atoms with van der Waals surface area (Å²) in [5.74, 6) is -0.0966. The standard InChI is InChI=1S/C12H23NO2/c1-5-9-7-6-8-10(13-9)11(14)15-12(2,3)4/h9-10,13H,5-8H2,1-4H3/t9-,10-/m1/s1. The van der Waals surface area contributed by atoms with Gasteiger partial charge in [-0.3, -0.25) is 4.79 Å². The third-order valence-corrected chi connectivity index (χ3v) is 2.67. The Kier molecular flexibility index (Phi) is 4.14. The molecule has 0 amide bonds. The zero-order valence-electron chi connectivity index (χ0n) is 10.3. The van der Waals surface area contributed by atoms with Crippen molar-refractivity contribution in [3.05, 3.63) is 0 Å². The Balaban J connectivity index is 2.45. The van der Waals surface area contributed by atoms with E-state index in [0.29, 0.717) is 6.04 Å². The zero-order chi connectivity index (χ0) is 11.5. The number of ether oxygens (including phenoxy) is 1. The molecular weight excluding hydrogens is 190 g/mol. The molecule has 0 radical (unpaired) electrons. The molecule has 0 spiro atoms. The second kappa shape index (κ2) is 4.97. The van der Waals surface area contributed by atoms with E-state index in [1.54, 1.807) is 0 Å². The molecule has 0 aromatic heterocycles. The number of piperidine rings is 1. The van der Waals surface area contributed by atoms with Crippen molar-refractivity contribution >= 4 is 5.97 Å². The van der Waals surface area contributed by atoms with Gasteiger partial charge in [0.15, 0.2) is 0 Å². The molecule has 0 aromatic rings. The van der Waals surface area contributed by atoms with Crippen molar-refractivity contribution in [2.24, 2.45) is 0 Å². The van der Waals surface area contributed by atoms with Crippen LogP contribution in [0.3, 0.4) is 0 Å². The summed E-state index contributed by atoms with van der Waals surface area (Å²) in [6.07, 6.45) is 4.29. The van der Waals surface area contributed by atoms with E-state index in [2.05, 4.69) is 12.2 Å². The minimum Gasteiger partial charge on any atom is -0.459 e. The van der Waals surface area contributed by atoms with Crippen LogP contribution >= 0.6 is 0 Å². The monoisotopic (exact) mass is 213 g/mol. The summed E-state index contributed by atoms with van der Waals surface area (Å²) in [6.45, 7) is 7.87. The molecule has 1 fully saturated rings. The normalized spacial score (nSPS) is 27.5. The molecule has 1 rings (SSSR count). The zero-order valence-corrected chi connectivity index (χ0v) is 10.3. The molecule has 3 heteroatoms. The second-order valence-corrected chi connectivity index (χ2v) is 5.29. The summed E-state index contributed by atoms with van der Waals surface area (Å²) in [6, 6.07) is 0.388. The first-order valence-corrected chi connectivity index (χ1v) is 5.91. The lowest BCUT2D eigenvalue weighted by Crippen LogP contribution is -2.48. The van der Waals surface area contributed by atoms with Crippen LogP contribution in [-0.4, -0.2) is 23.7 Å². The topological polar surface area (TPSA) is 38.3 Å². The summed E-state index contributed by atoms with van der Waals surface area (Å²) < 4.78 is 5.37. The molecule has 1 aliphatic rings. The molecule has 15 heavy (non-hydrogen) atoms. The highest BCUT2D eigenvalue weighted by Crippen LogP contribution is 2.18. The third kappa shape index (κ3) is 4.20. The first kappa shape index (κ1) is 12.5. The Labute approximate surface area is 92.6 Å². The summed E-state index contributed by atoms with van der Waals surface area (Å²) in [5.41, 5.74) is -0.377. The Bertz CT molecular complexity index is 220. The van der Waals surface area contributed by atoms with E-state index >= 15 is 0 Å². The minimum atomic E-state index is -0.377. The molecule has 1 aliphatic heterocycles. The number of rotatable bonds is 2. The molecule has 0 aromatic carbocycles. The van der Waals surface area contributed by atoms with Gasteiger partial charge in [-0.15, -0.1) is 0 Å². The molecular formula is C12H23NO2. The molecule has 0 bridgehead atoms. The van der Waals surface area contributed by atoms with Gasteiger partial charge < -0.3 is 10.1 Å². The van der Waals surface area contributed by atoms with Gasteiger partial charge in [0.2, 0.25) is 0 Å². The first-order valence-electron chi connectivity index (χ1n) is 5.91. The van der Waals surface area contributed by atoms with E-state index < -0.39 is 0 Å². The van der Waals surface area contributed by atoms with Crippen molar-refractivity contribution in [1.29, 1.82) is 0 Å². The quantitative estimate of drug-likeness (QED) is 0.715. The second-order valence-electron chi connectivity index (χ2n) is 5.29. The highest BCUT2D eigenvalue weighted by Gasteiger charge is 2.29. The molecule has 0 saturated carbocycles. The summed E-state index contributed by atoms with van der Waals surface area (Å²) in [7, 11) is 0. The lowest BCUT2D eigenvalue weighted by molar-refractivity contribution is -0.158. The Hall–Kier alpha value is -0.570. The van der Waals surface area contributed by atoms with E-state index in [1.807, 2.05) is 20.8 Å². The van der Waals surface area contributed by atoms with Crippen LogP contribution in [0.25, 0.3) is 0 Å². The average Bonchev–Trinajstić information content (AvgIpc) is 2.15. The van der Waals surface area contributed by atoms with E-state index in [9.17, 15) is 4.79 Å². The van der Waals surface area contributed by atoms with Crippen LogP contribution < -0.4 is 5.32 Å². The number of hydrogen-bond acceptors (Lipinski definition) is 3. The number of nitrogens with one attached hydrogen (secondary N) is 1. The van der Waals surface area contributed by atoms with Crippen molar-refractivity contribution in [2.45, 2.75) is 71.1 Å². The van der Waals surface area contributed by atoms with Crippen molar-refractivity contribution in [2.75, 3.05) is 0 Å². The summed E-state index contributed by atoms with van der Waals surface area (Å²) in [4.78, 5) is 11.8. The summed E-state index contributed by atoms with van der Waals surface area (Å²) in [5, 5.41) is 3.35. The number of hydrogen-bond donors (Lipinski definition) is 1. The van der Waals surface area contributed by atoms with Crippen LogP contribution in [0.4, 0.5) is 0 Å². The van der Waals surface area contributed by atoms with Gasteiger partial charge in [-0.25, -0.2) is 0 Å². The van der Waals surface area contributed by atoms with Gasteiger partial charge in [0.25, 0.3) is 0 Å².